The van der Waals surface area contributed by atoms with E-state index in [-0.39, 0.29) is 0 Å². The van der Waals surface area contributed by atoms with Gasteiger partial charge in [0.25, 0.3) is 0 Å². The molecule has 0 fully saturated rings. The van der Waals surface area contributed by atoms with Gasteiger partial charge in [-0.3, -0.25) is 0 Å². The molecule has 0 radical (unpaired) electrons. The number of aromatic nitrogens is 6. The highest BCUT2D eigenvalue weighted by molar-refractivity contribution is 8.76. The van der Waals surface area contributed by atoms with Crippen LogP contribution in [0.25, 0.3) is 0 Å². The Morgan fingerprint density at radius 2 is 0.846 bits per heavy atom. The molecular formula is C14H24N10S2. The highest BCUT2D eigenvalue weighted by Crippen LogP contribution is 2.45. The van der Waals surface area contributed by atoms with E-state index in [0.29, 0.717) is 0 Å². The molecule has 0 amide bonds. The first-order valence-electron chi connectivity index (χ1n) is 7.74. The minimum absolute atomic E-state index is 0.758. The Morgan fingerprint density at radius 3 is 1.12 bits per heavy atom. The van der Waals surface area contributed by atoms with Crippen molar-refractivity contribution in [3.05, 3.63) is 0 Å². The van der Waals surface area contributed by atoms with E-state index in [0.717, 1.165) is 33.1 Å². The number of nitrogens with zero attached hydrogens (tertiary/aromatic N) is 10. The Balaban J connectivity index is 2.38. The lowest BCUT2D eigenvalue weighted by molar-refractivity contribution is 0.782. The third-order valence-electron chi connectivity index (χ3n) is 3.32. The van der Waals surface area contributed by atoms with Crippen LogP contribution in [0.15, 0.2) is 10.1 Å². The van der Waals surface area contributed by atoms with Gasteiger partial charge < -0.3 is 19.6 Å². The fourth-order valence-electron chi connectivity index (χ4n) is 2.17. The first-order chi connectivity index (χ1) is 12.2. The summed E-state index contributed by atoms with van der Waals surface area (Å²) in [7, 11) is 18.5. The van der Waals surface area contributed by atoms with Crippen molar-refractivity contribution >= 4 is 44.6 Å². The minimum Gasteiger partial charge on any atom is -0.372 e. The summed E-state index contributed by atoms with van der Waals surface area (Å²) in [5.41, 5.74) is 1.81. The molecule has 0 saturated heterocycles. The van der Waals surface area contributed by atoms with Crippen LogP contribution in [-0.2, 0) is 0 Å². The number of hydrogen-bond acceptors (Lipinski definition) is 12. The third kappa shape index (κ3) is 4.36. The monoisotopic (exact) mass is 396 g/mol. The molecule has 0 spiro atoms. The summed E-state index contributed by atoms with van der Waals surface area (Å²) >= 11 is 0. The van der Waals surface area contributed by atoms with Crippen molar-refractivity contribution in [3.8, 4) is 0 Å². The topological polar surface area (TPSA) is 90.3 Å². The predicted molar refractivity (Wildman–Crippen MR) is 109 cm³/mol. The molecule has 2 heterocycles. The van der Waals surface area contributed by atoms with Crippen molar-refractivity contribution < 1.29 is 0 Å². The lowest BCUT2D eigenvalue weighted by Crippen LogP contribution is -2.20. The van der Waals surface area contributed by atoms with Crippen molar-refractivity contribution in [1.82, 2.24) is 30.8 Å². The number of hydrogen-bond donors (Lipinski definition) is 0. The van der Waals surface area contributed by atoms with Gasteiger partial charge in [0.15, 0.2) is 21.7 Å². The van der Waals surface area contributed by atoms with E-state index >= 15 is 0 Å². The number of rotatable bonds is 7. The molecule has 142 valence electrons. The summed E-state index contributed by atoms with van der Waals surface area (Å²) in [6.45, 7) is 0. The van der Waals surface area contributed by atoms with E-state index in [1.807, 2.05) is 76.0 Å². The summed E-state index contributed by atoms with van der Waals surface area (Å²) in [6, 6.07) is 0. The Kier molecular flexibility index (Phi) is 6.64. The molecule has 12 heteroatoms. The van der Waals surface area contributed by atoms with Crippen LogP contribution in [0, 0.1) is 0 Å². The molecule has 10 nitrogen and oxygen atoms in total. The van der Waals surface area contributed by atoms with Crippen molar-refractivity contribution in [1.29, 1.82) is 0 Å². The minimum atomic E-state index is 0.758. The standard InChI is InChI=1S/C14H24N10S2/c1-21(2)9-11(23(5)6)15-19-17-13(9)25-26-14-10(22(3)4)12(24(7)8)16-20-18-14/h1-8H3. The summed E-state index contributed by atoms with van der Waals surface area (Å²) in [6.07, 6.45) is 0. The molecule has 0 aliphatic heterocycles. The molecule has 0 N–H and O–H groups in total. The maximum atomic E-state index is 4.21. The van der Waals surface area contributed by atoms with Crippen LogP contribution in [0.1, 0.15) is 0 Å². The van der Waals surface area contributed by atoms with E-state index in [1.54, 1.807) is 0 Å². The average molecular weight is 397 g/mol. The van der Waals surface area contributed by atoms with Gasteiger partial charge in [-0.2, -0.15) is 0 Å². The second-order valence-corrected chi connectivity index (χ2v) is 8.38. The van der Waals surface area contributed by atoms with Crippen molar-refractivity contribution in [2.45, 2.75) is 10.1 Å². The molecule has 2 rings (SSSR count). The molecular weight excluding hydrogens is 372 g/mol. The quantitative estimate of drug-likeness (QED) is 0.628. The van der Waals surface area contributed by atoms with Crippen LogP contribution in [0.3, 0.4) is 0 Å². The Labute approximate surface area is 161 Å². The van der Waals surface area contributed by atoms with Gasteiger partial charge in [-0.05, 0) is 32.0 Å². The molecule has 0 aromatic carbocycles. The van der Waals surface area contributed by atoms with Crippen LogP contribution < -0.4 is 19.6 Å². The summed E-state index contributed by atoms with van der Waals surface area (Å²) < 4.78 is 0. The lowest BCUT2D eigenvalue weighted by atomic mass is 10.4. The van der Waals surface area contributed by atoms with Gasteiger partial charge in [-0.1, -0.05) is 0 Å². The van der Waals surface area contributed by atoms with Gasteiger partial charge in [0.2, 0.25) is 0 Å². The molecule has 0 aliphatic carbocycles. The van der Waals surface area contributed by atoms with E-state index in [2.05, 4.69) is 30.8 Å². The molecule has 0 unspecified atom stereocenters. The van der Waals surface area contributed by atoms with Gasteiger partial charge in [0, 0.05) is 56.4 Å². The van der Waals surface area contributed by atoms with Gasteiger partial charge in [0.1, 0.15) is 11.4 Å². The van der Waals surface area contributed by atoms with Crippen molar-refractivity contribution in [2.75, 3.05) is 76.0 Å². The van der Waals surface area contributed by atoms with Crippen molar-refractivity contribution in [2.24, 2.45) is 0 Å². The maximum Gasteiger partial charge on any atom is 0.179 e. The van der Waals surface area contributed by atoms with Gasteiger partial charge >= 0.3 is 0 Å². The predicted octanol–water partition coefficient (Wildman–Crippen LogP) is 1.12. The van der Waals surface area contributed by atoms with E-state index < -0.39 is 0 Å². The normalized spacial score (nSPS) is 10.6. The third-order valence-corrected chi connectivity index (χ3v) is 5.47. The van der Waals surface area contributed by atoms with E-state index in [9.17, 15) is 0 Å². The largest absolute Gasteiger partial charge is 0.372 e. The fraction of sp³-hybridized carbons (Fsp3) is 0.571. The van der Waals surface area contributed by atoms with E-state index in [4.69, 9.17) is 0 Å². The maximum absolute atomic E-state index is 4.21. The van der Waals surface area contributed by atoms with Crippen molar-refractivity contribution in [3.63, 3.8) is 0 Å². The molecule has 0 atom stereocenters. The Bertz CT molecular complexity index is 687. The van der Waals surface area contributed by atoms with Crippen LogP contribution in [-0.4, -0.2) is 87.2 Å². The first-order valence-corrected chi connectivity index (χ1v) is 9.89. The van der Waals surface area contributed by atoms with Crippen LogP contribution in [0.5, 0.6) is 0 Å². The average Bonchev–Trinajstić information content (AvgIpc) is 2.58. The van der Waals surface area contributed by atoms with Crippen LogP contribution in [0.2, 0.25) is 0 Å². The zero-order valence-electron chi connectivity index (χ0n) is 16.3. The second kappa shape index (κ2) is 8.54. The van der Waals surface area contributed by atoms with Gasteiger partial charge in [-0.15, -0.1) is 20.4 Å². The molecule has 0 aliphatic rings. The zero-order chi connectivity index (χ0) is 19.4. The number of anilines is 4. The summed E-state index contributed by atoms with van der Waals surface area (Å²) in [5.74, 6) is 1.52. The SMILES string of the molecule is CN(C)c1nnnc(SSc2nnnc(N(C)C)c2N(C)C)c1N(C)C. The van der Waals surface area contributed by atoms with Crippen LogP contribution >= 0.6 is 21.6 Å². The molecule has 2 aromatic heterocycles. The molecule has 2 aromatic rings. The van der Waals surface area contributed by atoms with E-state index in [1.165, 1.54) is 21.6 Å². The second-order valence-electron chi connectivity index (χ2n) is 6.28. The van der Waals surface area contributed by atoms with Crippen LogP contribution in [0.4, 0.5) is 23.0 Å². The highest BCUT2D eigenvalue weighted by atomic mass is 33.1. The summed E-state index contributed by atoms with van der Waals surface area (Å²) in [5, 5.41) is 26.0. The molecule has 0 bridgehead atoms. The fourth-order valence-corrected chi connectivity index (χ4v) is 4.32. The highest BCUT2D eigenvalue weighted by Gasteiger charge is 2.21. The summed E-state index contributed by atoms with van der Waals surface area (Å²) in [4.78, 5) is 7.80. The van der Waals surface area contributed by atoms with Gasteiger partial charge in [-0.25, -0.2) is 0 Å². The Hall–Kier alpha value is -2.08. The Morgan fingerprint density at radius 1 is 0.500 bits per heavy atom. The zero-order valence-corrected chi connectivity index (χ0v) is 17.9. The molecule has 26 heavy (non-hydrogen) atoms. The molecule has 0 saturated carbocycles. The smallest absolute Gasteiger partial charge is 0.179 e. The lowest BCUT2D eigenvalue weighted by Gasteiger charge is -2.23. The van der Waals surface area contributed by atoms with Gasteiger partial charge in [0.05, 0.1) is 0 Å². The first kappa shape index (κ1) is 20.2.